The van der Waals surface area contributed by atoms with Crippen LogP contribution in [0.2, 0.25) is 0 Å². The molecule has 0 saturated carbocycles. The van der Waals surface area contributed by atoms with E-state index in [0.717, 1.165) is 39.2 Å². The van der Waals surface area contributed by atoms with Crippen molar-refractivity contribution in [1.82, 2.24) is 9.97 Å². The predicted molar refractivity (Wildman–Crippen MR) is 225 cm³/mol. The third-order valence-electron chi connectivity index (χ3n) is 10.0. The van der Waals surface area contributed by atoms with Crippen LogP contribution in [0.1, 0.15) is 0 Å². The summed E-state index contributed by atoms with van der Waals surface area (Å²) in [4.78, 5) is 10.3. The second-order valence-corrected chi connectivity index (χ2v) is 14.5. The molecule has 2 heterocycles. The van der Waals surface area contributed by atoms with Crippen molar-refractivity contribution in [3.63, 3.8) is 0 Å². The third-order valence-corrected chi connectivity index (χ3v) is 11.2. The molecule has 8 aromatic carbocycles. The van der Waals surface area contributed by atoms with Crippen molar-refractivity contribution >= 4 is 42.3 Å². The Morgan fingerprint density at radius 1 is 0.321 bits per heavy atom. The van der Waals surface area contributed by atoms with Gasteiger partial charge in [0, 0.05) is 36.9 Å². The molecule has 10 aromatic rings. The van der Waals surface area contributed by atoms with Gasteiger partial charge in [0.25, 0.3) is 0 Å². The van der Waals surface area contributed by atoms with Gasteiger partial charge < -0.3 is 0 Å². The number of hydrogen-bond donors (Lipinski definition) is 0. The molecule has 0 aliphatic heterocycles. The summed E-state index contributed by atoms with van der Waals surface area (Å²) in [6.45, 7) is 0. The molecule has 0 unspecified atom stereocenters. The molecule has 0 spiro atoms. The molecule has 2 aromatic heterocycles. The number of benzene rings is 8. The lowest BCUT2D eigenvalue weighted by Crippen LogP contribution is -1.96. The maximum atomic E-state index is 5.23. The van der Waals surface area contributed by atoms with E-state index in [1.807, 2.05) is 35.6 Å². The molecular formula is C50H32N2S. The lowest BCUT2D eigenvalue weighted by atomic mass is 9.92. The molecule has 0 fully saturated rings. The Kier molecular flexibility index (Phi) is 7.71. The van der Waals surface area contributed by atoms with Crippen LogP contribution in [-0.2, 0) is 0 Å². The fourth-order valence-electron chi connectivity index (χ4n) is 7.42. The molecular weight excluding hydrogens is 661 g/mol. The lowest BCUT2D eigenvalue weighted by Gasteiger charge is -2.14. The van der Waals surface area contributed by atoms with E-state index in [2.05, 4.69) is 170 Å². The molecule has 53 heavy (non-hydrogen) atoms. The molecule has 3 heteroatoms. The van der Waals surface area contributed by atoms with Gasteiger partial charge in [-0.15, -0.1) is 11.3 Å². The molecule has 0 aliphatic rings. The van der Waals surface area contributed by atoms with Gasteiger partial charge in [0.15, 0.2) is 5.82 Å². The van der Waals surface area contributed by atoms with E-state index in [1.165, 1.54) is 53.2 Å². The van der Waals surface area contributed by atoms with Crippen LogP contribution in [0.4, 0.5) is 0 Å². The zero-order valence-corrected chi connectivity index (χ0v) is 29.6. The molecule has 0 aliphatic carbocycles. The van der Waals surface area contributed by atoms with Gasteiger partial charge in [0.1, 0.15) is 0 Å². The van der Waals surface area contributed by atoms with Crippen LogP contribution in [0.3, 0.4) is 0 Å². The Balaban J connectivity index is 1.18. The standard InChI is InChI=1S/C50H32N2S/c1-5-14-33(15-6-1)37-24-25-38-30-44-48(31-40(38)26-37)53-47-23-13-22-43(49(44)47)41-27-39(34-16-7-2-8-17-34)28-42(29-41)46-32-45(35-18-9-3-10-19-35)51-50(52-46)36-20-11-4-12-21-36/h1-32H. The fraction of sp³-hybridized carbons (Fsp3) is 0. The first-order valence-corrected chi connectivity index (χ1v) is 18.7. The van der Waals surface area contributed by atoms with Gasteiger partial charge in [0.2, 0.25) is 0 Å². The summed E-state index contributed by atoms with van der Waals surface area (Å²) in [7, 11) is 0. The van der Waals surface area contributed by atoms with Crippen LogP contribution < -0.4 is 0 Å². The quantitative estimate of drug-likeness (QED) is 0.173. The minimum atomic E-state index is 0.710. The molecule has 0 saturated heterocycles. The van der Waals surface area contributed by atoms with Crippen molar-refractivity contribution < 1.29 is 0 Å². The van der Waals surface area contributed by atoms with Gasteiger partial charge in [-0.05, 0) is 92.7 Å². The summed E-state index contributed by atoms with van der Waals surface area (Å²) in [6.07, 6.45) is 0. The fourth-order valence-corrected chi connectivity index (χ4v) is 8.58. The molecule has 10 rings (SSSR count). The first-order chi connectivity index (χ1) is 26.2. The van der Waals surface area contributed by atoms with Crippen molar-refractivity contribution in [2.45, 2.75) is 0 Å². The first-order valence-electron chi connectivity index (χ1n) is 17.9. The number of aromatic nitrogens is 2. The number of nitrogens with zero attached hydrogens (tertiary/aromatic N) is 2. The molecule has 0 N–H and O–H groups in total. The van der Waals surface area contributed by atoms with E-state index in [4.69, 9.17) is 9.97 Å². The minimum Gasteiger partial charge on any atom is -0.228 e. The summed E-state index contributed by atoms with van der Waals surface area (Å²) in [5.41, 5.74) is 12.0. The van der Waals surface area contributed by atoms with E-state index < -0.39 is 0 Å². The van der Waals surface area contributed by atoms with Gasteiger partial charge in [0.05, 0.1) is 11.4 Å². The molecule has 2 nitrogen and oxygen atoms in total. The summed E-state index contributed by atoms with van der Waals surface area (Å²) < 4.78 is 2.57. The van der Waals surface area contributed by atoms with Crippen molar-refractivity contribution in [2.24, 2.45) is 0 Å². The summed E-state index contributed by atoms with van der Waals surface area (Å²) in [5, 5.41) is 5.07. The number of thiophene rings is 1. The number of rotatable bonds is 6. The van der Waals surface area contributed by atoms with Crippen LogP contribution in [0.15, 0.2) is 194 Å². The molecule has 0 atom stereocenters. The maximum absolute atomic E-state index is 5.23. The van der Waals surface area contributed by atoms with E-state index in [-0.39, 0.29) is 0 Å². The zero-order chi connectivity index (χ0) is 35.1. The average molecular weight is 693 g/mol. The van der Waals surface area contributed by atoms with Crippen molar-refractivity contribution in [1.29, 1.82) is 0 Å². The Morgan fingerprint density at radius 2 is 0.906 bits per heavy atom. The van der Waals surface area contributed by atoms with Crippen LogP contribution >= 0.6 is 11.3 Å². The molecule has 0 radical (unpaired) electrons. The third kappa shape index (κ3) is 5.87. The summed E-state index contributed by atoms with van der Waals surface area (Å²) in [5.74, 6) is 0.710. The molecule has 0 bridgehead atoms. The molecule has 248 valence electrons. The highest BCUT2D eigenvalue weighted by Gasteiger charge is 2.17. The Labute approximate surface area is 312 Å². The number of hydrogen-bond acceptors (Lipinski definition) is 3. The lowest BCUT2D eigenvalue weighted by molar-refractivity contribution is 1.18. The Hall–Kier alpha value is -6.68. The predicted octanol–water partition coefficient (Wildman–Crippen LogP) is 14.0. The second-order valence-electron chi connectivity index (χ2n) is 13.4. The van der Waals surface area contributed by atoms with Crippen LogP contribution in [0.25, 0.3) is 98.2 Å². The van der Waals surface area contributed by atoms with Gasteiger partial charge in [-0.25, -0.2) is 9.97 Å². The minimum absolute atomic E-state index is 0.710. The number of fused-ring (bicyclic) bond motifs is 4. The summed E-state index contributed by atoms with van der Waals surface area (Å²) >= 11 is 1.87. The van der Waals surface area contributed by atoms with E-state index in [0.29, 0.717) is 5.82 Å². The van der Waals surface area contributed by atoms with Crippen molar-refractivity contribution in [2.75, 3.05) is 0 Å². The zero-order valence-electron chi connectivity index (χ0n) is 28.8. The smallest absolute Gasteiger partial charge is 0.160 e. The highest BCUT2D eigenvalue weighted by atomic mass is 32.1. The monoisotopic (exact) mass is 692 g/mol. The SMILES string of the molecule is c1ccc(-c2cc(-c3cc(-c4ccccc4)nc(-c4ccccc4)n3)cc(-c3cccc4sc5cc6cc(-c7ccccc7)ccc6cc5c34)c2)cc1. The van der Waals surface area contributed by atoms with Gasteiger partial charge >= 0.3 is 0 Å². The maximum Gasteiger partial charge on any atom is 0.160 e. The normalized spacial score (nSPS) is 11.4. The highest BCUT2D eigenvalue weighted by Crippen LogP contribution is 2.44. The van der Waals surface area contributed by atoms with E-state index in [9.17, 15) is 0 Å². The topological polar surface area (TPSA) is 25.8 Å². The van der Waals surface area contributed by atoms with Crippen LogP contribution in [-0.4, -0.2) is 9.97 Å². The largest absolute Gasteiger partial charge is 0.228 e. The Bertz CT molecular complexity index is 2860. The second kappa shape index (κ2) is 13.1. The first kappa shape index (κ1) is 31.1. The van der Waals surface area contributed by atoms with Crippen LogP contribution in [0.5, 0.6) is 0 Å². The highest BCUT2D eigenvalue weighted by molar-refractivity contribution is 7.26. The van der Waals surface area contributed by atoms with E-state index >= 15 is 0 Å². The van der Waals surface area contributed by atoms with E-state index in [1.54, 1.807) is 0 Å². The van der Waals surface area contributed by atoms with Gasteiger partial charge in [-0.1, -0.05) is 146 Å². The van der Waals surface area contributed by atoms with Crippen molar-refractivity contribution in [3.8, 4) is 67.3 Å². The summed E-state index contributed by atoms with van der Waals surface area (Å²) in [6, 6.07) is 69.3. The van der Waals surface area contributed by atoms with Gasteiger partial charge in [-0.3, -0.25) is 0 Å². The molecule has 0 amide bonds. The van der Waals surface area contributed by atoms with Crippen molar-refractivity contribution in [3.05, 3.63) is 194 Å². The average Bonchev–Trinajstić information content (AvgIpc) is 3.61. The van der Waals surface area contributed by atoms with Gasteiger partial charge in [-0.2, -0.15) is 0 Å². The Morgan fingerprint density at radius 3 is 1.60 bits per heavy atom. The van der Waals surface area contributed by atoms with Crippen LogP contribution in [0, 0.1) is 0 Å².